The van der Waals surface area contributed by atoms with Gasteiger partial charge in [-0.05, 0) is 31.0 Å². The lowest BCUT2D eigenvalue weighted by molar-refractivity contribution is -0.142. The van der Waals surface area contributed by atoms with E-state index < -0.39 is 11.9 Å². The summed E-state index contributed by atoms with van der Waals surface area (Å²) in [5.41, 5.74) is 0.663. The van der Waals surface area contributed by atoms with Gasteiger partial charge < -0.3 is 15.5 Å². The highest BCUT2D eigenvalue weighted by atomic mass is 127. The molecule has 0 bridgehead atoms. The van der Waals surface area contributed by atoms with Crippen molar-refractivity contribution in [2.75, 3.05) is 27.2 Å². The van der Waals surface area contributed by atoms with Crippen molar-refractivity contribution in [3.63, 3.8) is 0 Å². The van der Waals surface area contributed by atoms with E-state index in [-0.39, 0.29) is 42.0 Å². The zero-order valence-electron chi connectivity index (χ0n) is 18.0. The number of carbonyl (C=O) groups is 1. The van der Waals surface area contributed by atoms with Crippen LogP contribution >= 0.6 is 24.0 Å². The molecule has 2 rings (SSSR count). The lowest BCUT2D eigenvalue weighted by Gasteiger charge is -2.13. The van der Waals surface area contributed by atoms with E-state index in [9.17, 15) is 18.0 Å². The van der Waals surface area contributed by atoms with Gasteiger partial charge in [0.05, 0.1) is 6.54 Å². The number of aliphatic imine (C=N–C) groups is 1. The van der Waals surface area contributed by atoms with Crippen molar-refractivity contribution < 1.29 is 18.0 Å². The maximum Gasteiger partial charge on any atom is 0.435 e. The predicted octanol–water partition coefficient (Wildman–Crippen LogP) is 3.06. The molecule has 0 unspecified atom stereocenters. The van der Waals surface area contributed by atoms with Crippen LogP contribution in [0.4, 0.5) is 13.2 Å². The van der Waals surface area contributed by atoms with E-state index in [2.05, 4.69) is 20.7 Å². The molecule has 0 fully saturated rings. The summed E-state index contributed by atoms with van der Waals surface area (Å²) in [6, 6.07) is 7.34. The number of nitrogens with zero attached hydrogens (tertiary/aromatic N) is 4. The molecule has 1 aromatic heterocycles. The van der Waals surface area contributed by atoms with Crippen LogP contribution in [0.15, 0.2) is 35.5 Å². The van der Waals surface area contributed by atoms with Gasteiger partial charge in [0, 0.05) is 51.6 Å². The first kappa shape index (κ1) is 26.7. The second-order valence-electron chi connectivity index (χ2n) is 6.95. The highest BCUT2D eigenvalue weighted by Gasteiger charge is 2.36. The van der Waals surface area contributed by atoms with Crippen molar-refractivity contribution in [2.45, 2.75) is 26.1 Å². The summed E-state index contributed by atoms with van der Waals surface area (Å²) in [6.45, 7) is 2.80. The Morgan fingerprint density at radius 2 is 1.97 bits per heavy atom. The first-order valence-electron chi connectivity index (χ1n) is 9.54. The molecule has 0 saturated carbocycles. The molecule has 1 heterocycles. The highest BCUT2D eigenvalue weighted by molar-refractivity contribution is 14.0. The highest BCUT2D eigenvalue weighted by Crippen LogP contribution is 2.30. The van der Waals surface area contributed by atoms with Gasteiger partial charge in [-0.1, -0.05) is 12.1 Å². The normalized spacial score (nSPS) is 11.6. The van der Waals surface area contributed by atoms with E-state index >= 15 is 0 Å². The number of alkyl halides is 3. The number of hydrogen-bond donors (Lipinski definition) is 2. The molecule has 0 atom stereocenters. The van der Waals surface area contributed by atoms with E-state index in [0.29, 0.717) is 31.0 Å². The fourth-order valence-corrected chi connectivity index (χ4v) is 2.84. The zero-order valence-corrected chi connectivity index (χ0v) is 20.3. The molecular formula is C20H28F3IN6O. The number of guanidine groups is 1. The minimum atomic E-state index is -4.52. The SMILES string of the molecule is CCNC(=NCc1cn(C)nc1C(F)(F)F)NCCc1cccc(C(=O)N(C)C)c1.I. The third kappa shape index (κ3) is 8.04. The van der Waals surface area contributed by atoms with Crippen LogP contribution in [0.25, 0.3) is 0 Å². The largest absolute Gasteiger partial charge is 0.435 e. The number of halogens is 4. The van der Waals surface area contributed by atoms with Crippen molar-refractivity contribution >= 4 is 35.8 Å². The molecule has 0 aliphatic carbocycles. The maximum atomic E-state index is 13.1. The Labute approximate surface area is 197 Å². The first-order chi connectivity index (χ1) is 14.1. The Balaban J connectivity index is 0.00000480. The van der Waals surface area contributed by atoms with E-state index in [1.807, 2.05) is 25.1 Å². The van der Waals surface area contributed by atoms with Crippen molar-refractivity contribution in [2.24, 2.45) is 12.0 Å². The van der Waals surface area contributed by atoms with Crippen LogP contribution < -0.4 is 10.6 Å². The van der Waals surface area contributed by atoms with Crippen LogP contribution in [0, 0.1) is 0 Å². The Kier molecular flexibility index (Phi) is 10.3. The zero-order chi connectivity index (χ0) is 22.3. The lowest BCUT2D eigenvalue weighted by Crippen LogP contribution is -2.38. The van der Waals surface area contributed by atoms with Gasteiger partial charge in [-0.15, -0.1) is 24.0 Å². The quantitative estimate of drug-likeness (QED) is 0.315. The van der Waals surface area contributed by atoms with Crippen molar-refractivity contribution in [1.82, 2.24) is 25.3 Å². The molecule has 0 saturated heterocycles. The minimum Gasteiger partial charge on any atom is -0.357 e. The molecular weight excluding hydrogens is 524 g/mol. The fraction of sp³-hybridized carbons (Fsp3) is 0.450. The number of aromatic nitrogens is 2. The number of rotatable bonds is 7. The van der Waals surface area contributed by atoms with E-state index in [1.165, 1.54) is 18.1 Å². The van der Waals surface area contributed by atoms with Crippen LogP contribution in [0.5, 0.6) is 0 Å². The third-order valence-corrected chi connectivity index (χ3v) is 4.21. The topological polar surface area (TPSA) is 74.5 Å². The Hall–Kier alpha value is -2.31. The molecule has 1 aromatic carbocycles. The number of carbonyl (C=O) groups excluding carboxylic acids is 1. The smallest absolute Gasteiger partial charge is 0.357 e. The summed E-state index contributed by atoms with van der Waals surface area (Å²) in [6.07, 6.45) is -2.57. The summed E-state index contributed by atoms with van der Waals surface area (Å²) in [7, 11) is 4.84. The second-order valence-corrected chi connectivity index (χ2v) is 6.95. The second kappa shape index (κ2) is 11.9. The van der Waals surface area contributed by atoms with Crippen molar-refractivity contribution in [3.05, 3.63) is 52.8 Å². The van der Waals surface area contributed by atoms with Crippen LogP contribution in [0.1, 0.15) is 34.1 Å². The number of nitrogens with one attached hydrogen (secondary N) is 2. The van der Waals surface area contributed by atoms with Gasteiger partial charge in [0.25, 0.3) is 5.91 Å². The number of hydrogen-bond acceptors (Lipinski definition) is 3. The fourth-order valence-electron chi connectivity index (χ4n) is 2.84. The number of benzene rings is 1. The molecule has 7 nitrogen and oxygen atoms in total. The van der Waals surface area contributed by atoms with Gasteiger partial charge in [0.1, 0.15) is 0 Å². The lowest BCUT2D eigenvalue weighted by atomic mass is 10.1. The van der Waals surface area contributed by atoms with Crippen molar-refractivity contribution in [1.29, 1.82) is 0 Å². The van der Waals surface area contributed by atoms with E-state index in [4.69, 9.17) is 0 Å². The molecule has 0 aliphatic rings. The van der Waals surface area contributed by atoms with E-state index in [1.54, 1.807) is 20.2 Å². The summed E-state index contributed by atoms with van der Waals surface area (Å²) in [5, 5.41) is 9.62. The number of aryl methyl sites for hydroxylation is 1. The average Bonchev–Trinajstić information content (AvgIpc) is 3.07. The third-order valence-electron chi connectivity index (χ3n) is 4.21. The van der Waals surface area contributed by atoms with Gasteiger partial charge >= 0.3 is 6.18 Å². The standard InChI is InChI=1S/C20H27F3N6O.HI/c1-5-24-19(26-12-16-13-29(4)27-17(16)20(21,22)23)25-10-9-14-7-6-8-15(11-14)18(30)28(2)3;/h6-8,11,13H,5,9-10,12H2,1-4H3,(H2,24,25,26);1H. The van der Waals surface area contributed by atoms with Crippen LogP contribution in [-0.4, -0.2) is 53.7 Å². The van der Waals surface area contributed by atoms with Crippen LogP contribution in [0.2, 0.25) is 0 Å². The van der Waals surface area contributed by atoms with Gasteiger partial charge in [0.15, 0.2) is 11.7 Å². The molecule has 0 spiro atoms. The van der Waals surface area contributed by atoms with Gasteiger partial charge in [-0.25, -0.2) is 4.99 Å². The monoisotopic (exact) mass is 552 g/mol. The van der Waals surface area contributed by atoms with Gasteiger partial charge in [-0.3, -0.25) is 9.48 Å². The summed E-state index contributed by atoms with van der Waals surface area (Å²) in [4.78, 5) is 17.8. The molecule has 11 heteroatoms. The molecule has 2 N–H and O–H groups in total. The molecule has 2 aromatic rings. The molecule has 1 amide bonds. The van der Waals surface area contributed by atoms with Crippen molar-refractivity contribution in [3.8, 4) is 0 Å². The van der Waals surface area contributed by atoms with Gasteiger partial charge in [0.2, 0.25) is 0 Å². The number of amides is 1. The van der Waals surface area contributed by atoms with Crippen LogP contribution in [0.3, 0.4) is 0 Å². The van der Waals surface area contributed by atoms with Crippen LogP contribution in [-0.2, 0) is 26.2 Å². The van der Waals surface area contributed by atoms with E-state index in [0.717, 1.165) is 10.2 Å². The Morgan fingerprint density at radius 1 is 1.26 bits per heavy atom. The molecule has 172 valence electrons. The predicted molar refractivity (Wildman–Crippen MR) is 125 cm³/mol. The Morgan fingerprint density at radius 3 is 2.58 bits per heavy atom. The summed E-state index contributed by atoms with van der Waals surface area (Å²) >= 11 is 0. The maximum absolute atomic E-state index is 13.1. The Bertz CT molecular complexity index is 895. The summed E-state index contributed by atoms with van der Waals surface area (Å²) < 4.78 is 40.4. The molecule has 31 heavy (non-hydrogen) atoms. The molecule has 0 radical (unpaired) electrons. The average molecular weight is 552 g/mol. The first-order valence-corrected chi connectivity index (χ1v) is 9.54. The van der Waals surface area contributed by atoms with Gasteiger partial charge in [-0.2, -0.15) is 18.3 Å². The minimum absolute atomic E-state index is 0. The molecule has 0 aliphatic heterocycles. The summed E-state index contributed by atoms with van der Waals surface area (Å²) in [5.74, 6) is 0.339.